The molecule has 758 valence electrons. The standard InChI is InChI=1S/C26H40N2O5.2C22H33NO3.C18H31NO4.C17H29NO4.CH2Cl2.H2O/c1-26(2,3)33-25(32)28-15-14-20(18-10-6-4-7-11-18)16-22(28)24(31)27-21(17-29)23(30)19-12-8-5-9-13-19;2*24-15-20(21(25)17-10-5-2-6-11-17)23-22(26)19-13-7-12-18(14-19)16-8-3-1-4-9-16;1-18(2,3)23-17(21)19-11-10-14(12-15(19)16(20)22-4)13-8-6-5-7-9-13;1-17(2,3)22-16(21)18-10-9-13(11-14(18)15(19)20)12-7-5-4-6-8-12;2-1-3;/h5,8-9,12-13,18,20-23,29-30H,4,6-7,10-11,14-17H2,1-3H3,(H,27,31);2*2,5-6,10-11,16,18-21,24-25H,1,3-4,7-9,12-15H2,(H,23,26);13-15H,5-12H2,1-4H3;12-14H,4-11H2,1-3H3,(H,19,20);1H2;1H2/t20?,21-,22?,23-;18-,19?,20-,21-;18-,19+,20+,21+;;;;/m001..../s1. The molecule has 0 bridgehead atoms. The number of aliphatic hydroxyl groups is 6. The number of esters is 1. The third-order valence-corrected chi connectivity index (χ3v) is 29.8. The molecular weight excluding hydrogens is 1750 g/mol. The van der Waals surface area contributed by atoms with Crippen molar-refractivity contribution in [1.29, 1.82) is 0 Å². The summed E-state index contributed by atoms with van der Waals surface area (Å²) in [6.45, 7) is 17.0. The fourth-order valence-electron chi connectivity index (χ4n) is 22.7. The molecular formula is C106H170Cl2N6O20. The van der Waals surface area contributed by atoms with E-state index in [-0.39, 0.29) is 59.6 Å². The first-order chi connectivity index (χ1) is 63.6. The number of ether oxygens (including phenoxy) is 4. The van der Waals surface area contributed by atoms with Crippen molar-refractivity contribution in [3.8, 4) is 0 Å². The maximum Gasteiger partial charge on any atom is 0.411 e. The molecule has 16 atom stereocenters. The van der Waals surface area contributed by atoms with Crippen LogP contribution in [-0.4, -0.2) is 209 Å². The average Bonchev–Trinajstić information content (AvgIpc) is 0.812. The number of carboxylic acid groups (broad SMARTS) is 1. The van der Waals surface area contributed by atoms with Gasteiger partial charge in [0.15, 0.2) is 0 Å². The van der Waals surface area contributed by atoms with Gasteiger partial charge in [-0.15, -0.1) is 23.2 Å². The van der Waals surface area contributed by atoms with Gasteiger partial charge in [-0.3, -0.25) is 29.1 Å². The molecule has 6 amide bonds. The summed E-state index contributed by atoms with van der Waals surface area (Å²) in [6.07, 6.45) is 41.0. The van der Waals surface area contributed by atoms with Crippen LogP contribution in [0.5, 0.6) is 0 Å². The monoisotopic (exact) mass is 1920 g/mol. The summed E-state index contributed by atoms with van der Waals surface area (Å²) < 4.78 is 21.4. The Morgan fingerprint density at radius 2 is 0.582 bits per heavy atom. The van der Waals surface area contributed by atoms with Crippen molar-refractivity contribution in [3.63, 3.8) is 0 Å². The van der Waals surface area contributed by atoms with Crippen LogP contribution in [0, 0.1) is 71.0 Å². The van der Waals surface area contributed by atoms with Crippen molar-refractivity contribution in [2.24, 2.45) is 71.0 Å². The molecule has 3 heterocycles. The van der Waals surface area contributed by atoms with E-state index in [1.807, 2.05) is 108 Å². The normalized spacial score (nSPS) is 25.6. The first-order valence-corrected chi connectivity index (χ1v) is 52.0. The number of carboxylic acids is 1. The zero-order chi connectivity index (χ0) is 96.8. The second-order valence-corrected chi connectivity index (χ2v) is 43.4. The van der Waals surface area contributed by atoms with E-state index in [0.717, 1.165) is 80.8 Å². The van der Waals surface area contributed by atoms with E-state index >= 15 is 0 Å². The van der Waals surface area contributed by atoms with Crippen molar-refractivity contribution >= 4 is 71.1 Å². The predicted octanol–water partition coefficient (Wildman–Crippen LogP) is 19.0. The number of nitrogens with one attached hydrogen (secondary N) is 3. The molecule has 3 aromatic carbocycles. The number of nitrogens with zero attached hydrogens (tertiary/aromatic N) is 3. The molecule has 28 heteroatoms. The topological polar surface area (TPSA) is 392 Å². The maximum atomic E-state index is 13.4. The first kappa shape index (κ1) is 114. The number of hydrogen-bond donors (Lipinski definition) is 10. The van der Waals surface area contributed by atoms with Crippen LogP contribution in [0.2, 0.25) is 0 Å². The van der Waals surface area contributed by atoms with Crippen molar-refractivity contribution in [1.82, 2.24) is 30.7 Å². The highest BCUT2D eigenvalue weighted by Crippen LogP contribution is 2.46. The number of carbonyl (C=O) groups excluding carboxylic acids is 7. The third-order valence-electron chi connectivity index (χ3n) is 29.8. The molecule has 12 N–H and O–H groups in total. The van der Waals surface area contributed by atoms with E-state index in [0.29, 0.717) is 91.8 Å². The smallest absolute Gasteiger partial charge is 0.411 e. The lowest BCUT2D eigenvalue weighted by atomic mass is 9.70. The molecule has 0 spiro atoms. The Hall–Kier alpha value is -6.88. The highest BCUT2D eigenvalue weighted by Gasteiger charge is 2.46. The molecule has 7 aliphatic carbocycles. The molecule has 134 heavy (non-hydrogen) atoms. The lowest BCUT2D eigenvalue weighted by molar-refractivity contribution is -0.149. The third kappa shape index (κ3) is 37.4. The van der Waals surface area contributed by atoms with Crippen LogP contribution in [0.4, 0.5) is 14.4 Å². The summed E-state index contributed by atoms with van der Waals surface area (Å²) in [6, 6.07) is 23.3. The second-order valence-electron chi connectivity index (χ2n) is 42.6. The molecule has 7 saturated carbocycles. The predicted molar refractivity (Wildman–Crippen MR) is 523 cm³/mol. The van der Waals surface area contributed by atoms with Crippen LogP contribution >= 0.6 is 23.2 Å². The molecule has 3 saturated heterocycles. The van der Waals surface area contributed by atoms with Crippen LogP contribution < -0.4 is 16.0 Å². The van der Waals surface area contributed by atoms with Crippen LogP contribution in [0.15, 0.2) is 91.0 Å². The number of rotatable bonds is 22. The maximum absolute atomic E-state index is 13.4. The summed E-state index contributed by atoms with van der Waals surface area (Å²) in [5.41, 5.74) is 0.240. The van der Waals surface area contributed by atoms with E-state index in [9.17, 15) is 74.1 Å². The van der Waals surface area contributed by atoms with Crippen LogP contribution in [0.3, 0.4) is 0 Å². The first-order valence-electron chi connectivity index (χ1n) is 50.9. The molecule has 7 unspecified atom stereocenters. The van der Waals surface area contributed by atoms with Crippen LogP contribution in [0.1, 0.15) is 348 Å². The SMILES string of the molecule is CC(C)(C)OC(=O)N1CCC(C2CCCCC2)CC1C(=O)N[C@@H](CO)[C@@H](O)c1ccccc1.CC(C)(C)OC(=O)N1CCC(C2CCCCC2)CC1C(=O)O.COC(=O)C1CC(C2CCCCC2)CCN1C(=O)OC(C)(C)C.ClCCl.O.O=C(N[C@@H](CO)[C@@H](O)c1ccccc1)C1CCC[C@H](C2CCCCC2)C1.O=C(N[C@@H](CO)[C@@H](O)c1ccccc1)[C@H]1CCC[C@@H](C2CCCCC2)C1. The van der Waals surface area contributed by atoms with E-state index in [4.69, 9.17) is 42.1 Å². The number of amides is 6. The zero-order valence-electron chi connectivity index (χ0n) is 82.4. The number of benzene rings is 3. The van der Waals surface area contributed by atoms with Gasteiger partial charge in [-0.2, -0.15) is 0 Å². The average molecular weight is 1920 g/mol. The Labute approximate surface area is 810 Å². The number of carbonyl (C=O) groups is 8. The Bertz CT molecular complexity index is 3780. The highest BCUT2D eigenvalue weighted by molar-refractivity contribution is 6.40. The quantitative estimate of drug-likeness (QED) is 0.0254. The number of piperidine rings is 3. The van der Waals surface area contributed by atoms with Crippen molar-refractivity contribution < 1.29 is 98.5 Å². The van der Waals surface area contributed by atoms with Gasteiger partial charge in [0.05, 0.1) is 50.4 Å². The molecule has 10 aliphatic rings. The molecule has 0 aromatic heterocycles. The van der Waals surface area contributed by atoms with Gasteiger partial charge in [-0.25, -0.2) is 24.0 Å². The minimum absolute atomic E-state index is 0. The summed E-state index contributed by atoms with van der Waals surface area (Å²) in [7, 11) is 1.39. The number of aliphatic hydroxyl groups excluding tert-OH is 6. The number of likely N-dealkylation sites (tertiary alicyclic amines) is 3. The van der Waals surface area contributed by atoms with Gasteiger partial charge in [0.25, 0.3) is 0 Å². The molecule has 26 nitrogen and oxygen atoms in total. The molecule has 0 radical (unpaired) electrons. The molecule has 3 aromatic rings. The Balaban J connectivity index is 0.000000228. The van der Waals surface area contributed by atoms with E-state index in [1.165, 1.54) is 190 Å². The number of alkyl halides is 2. The largest absolute Gasteiger partial charge is 0.480 e. The lowest BCUT2D eigenvalue weighted by Crippen LogP contribution is -2.57. The minimum atomic E-state index is -1.05. The van der Waals surface area contributed by atoms with Gasteiger partial charge < -0.3 is 76.1 Å². The van der Waals surface area contributed by atoms with Gasteiger partial charge in [0.2, 0.25) is 17.7 Å². The van der Waals surface area contributed by atoms with Gasteiger partial charge in [-0.1, -0.05) is 277 Å². The minimum Gasteiger partial charge on any atom is -0.480 e. The number of hydrogen-bond acceptors (Lipinski definition) is 18. The zero-order valence-corrected chi connectivity index (χ0v) is 84.0. The fourth-order valence-corrected chi connectivity index (χ4v) is 22.7. The van der Waals surface area contributed by atoms with Crippen molar-refractivity contribution in [2.45, 2.75) is 384 Å². The van der Waals surface area contributed by atoms with E-state index in [2.05, 4.69) is 16.0 Å². The highest BCUT2D eigenvalue weighted by atomic mass is 35.5. The summed E-state index contributed by atoms with van der Waals surface area (Å²) in [4.78, 5) is 105. The number of halogens is 2. The lowest BCUT2D eigenvalue weighted by Gasteiger charge is -2.42. The second kappa shape index (κ2) is 58.2. The Morgan fingerprint density at radius 3 is 0.843 bits per heavy atom. The van der Waals surface area contributed by atoms with Gasteiger partial charge >= 0.3 is 30.2 Å². The molecule has 3 aliphatic heterocycles. The molecule has 13 rings (SSSR count). The number of aliphatic carboxylic acids is 1. The van der Waals surface area contributed by atoms with Gasteiger partial charge in [-0.05, 0) is 202 Å². The molecule has 10 fully saturated rings. The summed E-state index contributed by atoms with van der Waals surface area (Å²) in [5.74, 6) is 4.62. The van der Waals surface area contributed by atoms with E-state index in [1.54, 1.807) is 49.9 Å². The fraction of sp³-hybridized carbons (Fsp3) is 0.755. The van der Waals surface area contributed by atoms with Crippen molar-refractivity contribution in [3.05, 3.63) is 108 Å². The Morgan fingerprint density at radius 1 is 0.343 bits per heavy atom. The van der Waals surface area contributed by atoms with Crippen molar-refractivity contribution in [2.75, 3.05) is 51.9 Å². The summed E-state index contributed by atoms with van der Waals surface area (Å²) >= 11 is 9.53. The van der Waals surface area contributed by atoms with Gasteiger partial charge in [0, 0.05) is 31.5 Å². The summed E-state index contributed by atoms with van der Waals surface area (Å²) in [5, 5.41) is 79.4. The van der Waals surface area contributed by atoms with Crippen LogP contribution in [0.25, 0.3) is 0 Å². The Kier molecular flexibility index (Phi) is 49.6. The number of methoxy groups -OCH3 is 1. The van der Waals surface area contributed by atoms with Gasteiger partial charge in [0.1, 0.15) is 53.2 Å². The van der Waals surface area contributed by atoms with E-state index < -0.39 is 102 Å². The van der Waals surface area contributed by atoms with Crippen LogP contribution in [-0.2, 0) is 42.9 Å².